The van der Waals surface area contributed by atoms with Crippen LogP contribution in [0.2, 0.25) is 0 Å². The van der Waals surface area contributed by atoms with Crippen LogP contribution in [0.1, 0.15) is 5.01 Å². The Hall–Kier alpha value is -2.26. The Kier molecular flexibility index (Phi) is 3.22. The minimum Gasteiger partial charge on any atom is -0.464 e. The number of carbonyl (C=O) groups is 1. The second-order valence-electron chi connectivity index (χ2n) is 4.09. The number of hydrogen-bond donors (Lipinski definition) is 1. The lowest BCUT2D eigenvalue weighted by molar-refractivity contribution is -0.136. The van der Waals surface area contributed by atoms with Gasteiger partial charge >= 0.3 is 16.2 Å². The number of fused-ring (bicyclic) bond motifs is 1. The van der Waals surface area contributed by atoms with E-state index in [1.807, 2.05) is 29.0 Å². The van der Waals surface area contributed by atoms with Gasteiger partial charge in [-0.2, -0.15) is 8.42 Å². The average Bonchev–Trinajstić information content (AvgIpc) is 2.88. The largest absolute Gasteiger partial charge is 0.464 e. The summed E-state index contributed by atoms with van der Waals surface area (Å²) in [6, 6.07) is 7.39. The third-order valence-corrected chi connectivity index (χ3v) is 4.63. The highest BCUT2D eigenvalue weighted by Crippen LogP contribution is 2.24. The Morgan fingerprint density at radius 1 is 1.33 bits per heavy atom. The molecule has 0 aliphatic carbocycles. The van der Waals surface area contributed by atoms with Gasteiger partial charge in [-0.15, -0.1) is 15.7 Å². The minimum atomic E-state index is -3.99. The van der Waals surface area contributed by atoms with E-state index in [4.69, 9.17) is 0 Å². The quantitative estimate of drug-likeness (QED) is 0.831. The first-order chi connectivity index (χ1) is 9.98. The summed E-state index contributed by atoms with van der Waals surface area (Å²) in [5.74, 6) is -0.785. The molecule has 1 aliphatic heterocycles. The van der Waals surface area contributed by atoms with Gasteiger partial charge in [0.1, 0.15) is 16.4 Å². The molecule has 2 aromatic rings. The highest BCUT2D eigenvalue weighted by atomic mass is 32.2. The Morgan fingerprint density at radius 2 is 2.10 bits per heavy atom. The molecule has 9 heteroatoms. The topological polar surface area (TPSA) is 97.7 Å². The molecular formula is C12H9N3O4S2. The second-order valence-corrected chi connectivity index (χ2v) is 6.46. The van der Waals surface area contributed by atoms with Crippen molar-refractivity contribution < 1.29 is 17.9 Å². The number of hydrogen-bond acceptors (Lipinski definition) is 6. The molecule has 21 heavy (non-hydrogen) atoms. The summed E-state index contributed by atoms with van der Waals surface area (Å²) in [5, 5.41) is 0.419. The lowest BCUT2D eigenvalue weighted by atomic mass is 10.3. The van der Waals surface area contributed by atoms with E-state index in [-0.39, 0.29) is 11.4 Å². The van der Waals surface area contributed by atoms with Gasteiger partial charge in [0, 0.05) is 0 Å². The molecular weight excluding hydrogens is 314 g/mol. The lowest BCUT2D eigenvalue weighted by Crippen LogP contribution is -2.31. The van der Waals surface area contributed by atoms with Crippen LogP contribution in [0, 0.1) is 0 Å². The predicted molar refractivity (Wildman–Crippen MR) is 78.3 cm³/mol. The number of benzene rings is 1. The third kappa shape index (κ3) is 2.65. The molecule has 0 atom stereocenters. The fraction of sp³-hybridized carbons (Fsp3) is 0.0833. The van der Waals surface area contributed by atoms with Crippen molar-refractivity contribution >= 4 is 43.4 Å². The average molecular weight is 323 g/mol. The molecule has 0 saturated carbocycles. The zero-order valence-electron chi connectivity index (χ0n) is 10.7. The third-order valence-electron chi connectivity index (χ3n) is 2.66. The van der Waals surface area contributed by atoms with Crippen LogP contribution < -0.4 is 4.72 Å². The highest BCUT2D eigenvalue weighted by molar-refractivity contribution is 7.88. The number of rotatable bonds is 2. The zero-order valence-corrected chi connectivity index (χ0v) is 12.4. The number of nitrogens with one attached hydrogen (secondary N) is 1. The Bertz CT molecular complexity index is 863. The number of nitrogens with zero attached hydrogens (tertiary/aromatic N) is 2. The van der Waals surface area contributed by atoms with Crippen LogP contribution in [0.5, 0.6) is 0 Å². The zero-order chi connectivity index (χ0) is 15.0. The number of aromatic nitrogens is 1. The molecule has 0 radical (unpaired) electrons. The molecule has 0 saturated heterocycles. The molecule has 1 N–H and O–H groups in total. The summed E-state index contributed by atoms with van der Waals surface area (Å²) < 4.78 is 34.5. The molecule has 3 rings (SSSR count). The van der Waals surface area contributed by atoms with Gasteiger partial charge in [-0.05, 0) is 18.2 Å². The van der Waals surface area contributed by atoms with Crippen molar-refractivity contribution in [1.29, 1.82) is 0 Å². The fourth-order valence-corrected chi connectivity index (χ4v) is 3.62. The monoisotopic (exact) mass is 323 g/mol. The van der Waals surface area contributed by atoms with E-state index in [9.17, 15) is 13.2 Å². The first-order valence-corrected chi connectivity index (χ1v) is 8.03. The van der Waals surface area contributed by atoms with Crippen LogP contribution in [0.15, 0.2) is 40.4 Å². The van der Waals surface area contributed by atoms with Crippen LogP contribution in [0.4, 0.5) is 0 Å². The van der Waals surface area contributed by atoms with Gasteiger partial charge in [0.15, 0.2) is 0 Å². The van der Waals surface area contributed by atoms with Gasteiger partial charge in [-0.3, -0.25) is 4.72 Å². The Balaban J connectivity index is 2.12. The van der Waals surface area contributed by atoms with Gasteiger partial charge in [0.25, 0.3) is 0 Å². The van der Waals surface area contributed by atoms with Gasteiger partial charge in [-0.25, -0.2) is 9.78 Å². The first-order valence-electron chi connectivity index (χ1n) is 5.77. The maximum atomic E-state index is 11.7. The molecule has 0 bridgehead atoms. The van der Waals surface area contributed by atoms with Crippen LogP contribution in [0.25, 0.3) is 10.2 Å². The summed E-state index contributed by atoms with van der Waals surface area (Å²) in [6.45, 7) is 0. The summed E-state index contributed by atoms with van der Waals surface area (Å²) >= 11 is 1.30. The molecule has 1 aromatic heterocycles. The van der Waals surface area contributed by atoms with E-state index in [1.54, 1.807) is 0 Å². The normalized spacial score (nSPS) is 16.8. The van der Waals surface area contributed by atoms with Crippen molar-refractivity contribution in [3.63, 3.8) is 0 Å². The van der Waals surface area contributed by atoms with Crippen molar-refractivity contribution in [3.05, 3.63) is 41.0 Å². The molecule has 1 aromatic carbocycles. The lowest BCUT2D eigenvalue weighted by Gasteiger charge is -2.12. The molecule has 0 fully saturated rings. The van der Waals surface area contributed by atoms with E-state index in [0.717, 1.165) is 10.2 Å². The Morgan fingerprint density at radius 3 is 2.81 bits per heavy atom. The van der Waals surface area contributed by atoms with Crippen LogP contribution in [-0.2, 0) is 19.7 Å². The number of thiazole rings is 1. The Labute approximate surface area is 124 Å². The maximum absolute atomic E-state index is 11.7. The number of allylic oxidation sites excluding steroid dienone is 1. The SMILES string of the molecule is COC(=O)C1=CC(c2nc3ccccc3s2)=NS(=O)(=O)N1. The fourth-order valence-electron chi connectivity index (χ4n) is 1.78. The van der Waals surface area contributed by atoms with Gasteiger partial charge in [-0.1, -0.05) is 12.1 Å². The number of esters is 1. The van der Waals surface area contributed by atoms with E-state index in [2.05, 4.69) is 14.1 Å². The second kappa shape index (κ2) is 4.93. The number of carbonyl (C=O) groups excluding carboxylic acids is 1. The molecule has 7 nitrogen and oxygen atoms in total. The predicted octanol–water partition coefficient (Wildman–Crippen LogP) is 0.990. The van der Waals surface area contributed by atoms with Gasteiger partial charge in [0.05, 0.1) is 17.3 Å². The van der Waals surface area contributed by atoms with Gasteiger partial charge in [0.2, 0.25) is 0 Å². The van der Waals surface area contributed by atoms with Crippen molar-refractivity contribution in [2.45, 2.75) is 0 Å². The number of ether oxygens (including phenoxy) is 1. The molecule has 2 heterocycles. The van der Waals surface area contributed by atoms with Crippen LogP contribution in [0.3, 0.4) is 0 Å². The summed E-state index contributed by atoms with van der Waals surface area (Å²) in [4.78, 5) is 15.8. The summed E-state index contributed by atoms with van der Waals surface area (Å²) in [7, 11) is -2.82. The summed E-state index contributed by atoms with van der Waals surface area (Å²) in [5.41, 5.74) is 0.654. The molecule has 1 aliphatic rings. The first kappa shape index (κ1) is 13.7. The maximum Gasteiger partial charge on any atom is 0.355 e. The molecule has 0 unspecified atom stereocenters. The van der Waals surface area contributed by atoms with Crippen LogP contribution in [-0.4, -0.2) is 32.2 Å². The molecule has 0 amide bonds. The van der Waals surface area contributed by atoms with E-state index >= 15 is 0 Å². The van der Waals surface area contributed by atoms with Gasteiger partial charge < -0.3 is 4.74 Å². The van der Waals surface area contributed by atoms with Crippen molar-refractivity contribution in [1.82, 2.24) is 9.71 Å². The molecule has 108 valence electrons. The van der Waals surface area contributed by atoms with E-state index in [1.165, 1.54) is 24.5 Å². The van der Waals surface area contributed by atoms with Crippen molar-refractivity contribution in [2.24, 2.45) is 4.40 Å². The number of para-hydroxylation sites is 1. The number of methoxy groups -OCH3 is 1. The highest BCUT2D eigenvalue weighted by Gasteiger charge is 2.25. The van der Waals surface area contributed by atoms with Crippen LogP contribution >= 0.6 is 11.3 Å². The smallest absolute Gasteiger partial charge is 0.355 e. The summed E-state index contributed by atoms with van der Waals surface area (Å²) in [6.07, 6.45) is 1.31. The van der Waals surface area contributed by atoms with E-state index in [0.29, 0.717) is 5.01 Å². The van der Waals surface area contributed by atoms with Crippen molar-refractivity contribution in [2.75, 3.05) is 7.11 Å². The standard InChI is InChI=1S/C12H9N3O4S2/c1-19-12(16)9-6-8(14-21(17,18)15-9)11-13-7-4-2-3-5-10(7)20-11/h2-6,15H,1H3. The molecule has 0 spiro atoms. The van der Waals surface area contributed by atoms with Crippen molar-refractivity contribution in [3.8, 4) is 0 Å². The minimum absolute atomic E-state index is 0.107. The van der Waals surface area contributed by atoms with E-state index < -0.39 is 16.2 Å².